The number of amides is 2. The van der Waals surface area contributed by atoms with Crippen molar-refractivity contribution in [3.8, 4) is 33.8 Å². The third-order valence-corrected chi connectivity index (χ3v) is 15.8. The lowest BCUT2D eigenvalue weighted by molar-refractivity contribution is -0.135. The van der Waals surface area contributed by atoms with E-state index in [1.807, 2.05) is 43.2 Å². The Morgan fingerprint density at radius 2 is 1.10 bits per heavy atom. The average Bonchev–Trinajstić information content (AvgIpc) is 3.97. The maximum Gasteiger partial charge on any atom is 0.311 e. The van der Waals surface area contributed by atoms with Crippen LogP contribution in [0.1, 0.15) is 84.9 Å². The monoisotopic (exact) mass is 916 g/mol. The summed E-state index contributed by atoms with van der Waals surface area (Å²) >= 11 is 0. The summed E-state index contributed by atoms with van der Waals surface area (Å²) in [5.41, 5.74) is 1.37. The summed E-state index contributed by atoms with van der Waals surface area (Å²) in [4.78, 5) is 50.9. The molecule has 0 spiro atoms. The van der Waals surface area contributed by atoms with Crippen molar-refractivity contribution in [3.63, 3.8) is 0 Å². The molecule has 6 rings (SSSR count). The number of benzene rings is 4. The number of unbranched alkanes of at least 4 members (excludes halogenated alkanes) is 2. The van der Waals surface area contributed by atoms with Gasteiger partial charge in [-0.05, 0) is 98.2 Å². The quantitative estimate of drug-likeness (QED) is 0.0384. The first-order valence-electron chi connectivity index (χ1n) is 19.9. The van der Waals surface area contributed by atoms with Crippen LogP contribution >= 0.6 is 43.2 Å². The number of halogens is 4. The number of carbonyl (C=O) groups excluding carboxylic acids is 4. The molecule has 61 heavy (non-hydrogen) atoms. The molecule has 2 heterocycles. The van der Waals surface area contributed by atoms with E-state index in [1.165, 1.54) is 72.7 Å². The lowest BCUT2D eigenvalue weighted by atomic mass is 10.0. The van der Waals surface area contributed by atoms with Gasteiger partial charge in [0, 0.05) is 79.2 Å². The van der Waals surface area contributed by atoms with E-state index in [9.17, 15) is 36.7 Å². The molecule has 0 saturated carbocycles. The maximum absolute atomic E-state index is 14.2. The van der Waals surface area contributed by atoms with E-state index in [1.54, 1.807) is 26.2 Å². The summed E-state index contributed by atoms with van der Waals surface area (Å²) in [5.74, 6) is -1.83. The Balaban J connectivity index is 0.000000231. The highest BCUT2D eigenvalue weighted by molar-refractivity contribution is 8.77. The van der Waals surface area contributed by atoms with Crippen LogP contribution in [0.5, 0.6) is 11.5 Å². The molecule has 2 amide bonds. The Morgan fingerprint density at radius 1 is 0.639 bits per heavy atom. The van der Waals surface area contributed by atoms with Crippen LogP contribution in [0.4, 0.5) is 17.6 Å². The number of hydrogen-bond acceptors (Lipinski definition) is 10. The SMILES string of the molecule is CN(C)C(=O)c1cc(-c2ccc(F)cc2F)ccc1OC(=O)CCCC[C@H]1CCSS1.CNC(=O)c1cc(-c2ccc(F)cc2F)ccc1OC(=O)CCCC[C@H]1CCSS1. The van der Waals surface area contributed by atoms with E-state index in [-0.39, 0.29) is 52.5 Å². The van der Waals surface area contributed by atoms with Crippen LogP contribution in [0.3, 0.4) is 0 Å². The Bertz CT molecular complexity index is 2170. The second-order valence-corrected chi connectivity index (χ2v) is 20.1. The Labute approximate surface area is 369 Å². The van der Waals surface area contributed by atoms with Gasteiger partial charge in [-0.25, -0.2) is 17.6 Å². The Kier molecular flexibility index (Phi) is 18.8. The fourth-order valence-electron chi connectivity index (χ4n) is 6.50. The summed E-state index contributed by atoms with van der Waals surface area (Å²) in [5, 5.41) is 3.84. The van der Waals surface area contributed by atoms with E-state index in [4.69, 9.17) is 9.47 Å². The fourth-order valence-corrected chi connectivity index (χ4v) is 12.6. The van der Waals surface area contributed by atoms with Gasteiger partial charge < -0.3 is 19.7 Å². The number of nitrogens with one attached hydrogen (secondary N) is 1. The smallest absolute Gasteiger partial charge is 0.311 e. The zero-order valence-corrected chi connectivity index (χ0v) is 37.4. The Hall–Kier alpha value is -4.12. The molecule has 0 aromatic heterocycles. The molecule has 2 aliphatic rings. The van der Waals surface area contributed by atoms with E-state index in [2.05, 4.69) is 5.32 Å². The first kappa shape index (κ1) is 47.9. The molecule has 0 bridgehead atoms. The highest BCUT2D eigenvalue weighted by Crippen LogP contribution is 2.41. The van der Waals surface area contributed by atoms with Gasteiger partial charge in [0.25, 0.3) is 11.8 Å². The van der Waals surface area contributed by atoms with Crippen LogP contribution in [0.2, 0.25) is 0 Å². The highest BCUT2D eigenvalue weighted by Gasteiger charge is 2.22. The van der Waals surface area contributed by atoms with Gasteiger partial charge in [0.1, 0.15) is 34.8 Å². The first-order chi connectivity index (χ1) is 29.3. The van der Waals surface area contributed by atoms with Gasteiger partial charge >= 0.3 is 11.9 Å². The van der Waals surface area contributed by atoms with Crippen molar-refractivity contribution in [2.24, 2.45) is 0 Å². The molecule has 0 aliphatic carbocycles. The molecule has 2 atom stereocenters. The van der Waals surface area contributed by atoms with Crippen molar-refractivity contribution in [1.29, 1.82) is 0 Å². The minimum Gasteiger partial charge on any atom is -0.426 e. The maximum atomic E-state index is 14.2. The van der Waals surface area contributed by atoms with Gasteiger partial charge in [-0.2, -0.15) is 0 Å². The van der Waals surface area contributed by atoms with E-state index in [0.29, 0.717) is 21.6 Å². The molecular formula is C45H48F4N2O6S4. The summed E-state index contributed by atoms with van der Waals surface area (Å²) < 4.78 is 65.6. The van der Waals surface area contributed by atoms with E-state index < -0.39 is 41.1 Å². The van der Waals surface area contributed by atoms with Crippen LogP contribution in [0.25, 0.3) is 22.3 Å². The lowest BCUT2D eigenvalue weighted by Crippen LogP contribution is -2.23. The standard InChI is InChI=1S/C23H25F2NO3S2.C22H23F2NO3S2/c1-26(2)23(28)19-13-15(18-9-8-16(24)14-20(18)25)7-10-21(19)29-22(27)6-4-3-5-17-11-12-30-31-17;1-25-22(27)18-12-14(17-8-7-15(23)13-19(17)24)6-9-20(18)28-21(26)5-3-2-4-16-10-11-29-30-16/h7-10,13-14,17H,3-6,11-12H2,1-2H3;6-9,12-13,16H,2-5,10-11H2,1H3,(H,25,27)/t17-;16-/m00/s1. The number of rotatable bonds is 16. The van der Waals surface area contributed by atoms with Crippen LogP contribution in [-0.4, -0.2) is 71.8 Å². The minimum atomic E-state index is -0.735. The predicted octanol–water partition coefficient (Wildman–Crippen LogP) is 11.6. The molecule has 2 aliphatic heterocycles. The van der Waals surface area contributed by atoms with E-state index in [0.717, 1.165) is 62.8 Å². The topological polar surface area (TPSA) is 102 Å². The second kappa shape index (κ2) is 23.9. The highest BCUT2D eigenvalue weighted by atomic mass is 33.1. The summed E-state index contributed by atoms with van der Waals surface area (Å²) in [6, 6.07) is 15.5. The van der Waals surface area contributed by atoms with Gasteiger partial charge in [0.05, 0.1) is 11.1 Å². The van der Waals surface area contributed by atoms with E-state index >= 15 is 0 Å². The number of carbonyl (C=O) groups is 4. The van der Waals surface area contributed by atoms with Crippen molar-refractivity contribution in [3.05, 3.63) is 107 Å². The molecule has 326 valence electrons. The van der Waals surface area contributed by atoms with Gasteiger partial charge in [-0.15, -0.1) is 0 Å². The van der Waals surface area contributed by atoms with Gasteiger partial charge in [0.2, 0.25) is 0 Å². The van der Waals surface area contributed by atoms with Gasteiger partial charge in [-0.3, -0.25) is 19.2 Å². The van der Waals surface area contributed by atoms with Crippen LogP contribution in [0, 0.1) is 23.3 Å². The van der Waals surface area contributed by atoms with Crippen molar-refractivity contribution >= 4 is 66.9 Å². The number of hydrogen-bond donors (Lipinski definition) is 1. The largest absolute Gasteiger partial charge is 0.426 e. The predicted molar refractivity (Wildman–Crippen MR) is 240 cm³/mol. The number of nitrogens with zero attached hydrogens (tertiary/aromatic N) is 1. The molecule has 1 N–H and O–H groups in total. The van der Waals surface area contributed by atoms with Crippen molar-refractivity contribution < 1.29 is 46.2 Å². The number of esters is 2. The second-order valence-electron chi connectivity index (χ2n) is 14.5. The lowest BCUT2D eigenvalue weighted by Gasteiger charge is -2.16. The Morgan fingerprint density at radius 3 is 1.51 bits per heavy atom. The third-order valence-electron chi connectivity index (χ3n) is 9.77. The van der Waals surface area contributed by atoms with Crippen LogP contribution < -0.4 is 14.8 Å². The molecule has 2 saturated heterocycles. The third kappa shape index (κ3) is 14.5. The molecule has 8 nitrogen and oxygen atoms in total. The molecule has 2 fully saturated rings. The van der Waals surface area contributed by atoms with Gasteiger partial charge in [0.15, 0.2) is 0 Å². The molecular weight excluding hydrogens is 869 g/mol. The van der Waals surface area contributed by atoms with Crippen molar-refractivity contribution in [1.82, 2.24) is 10.2 Å². The number of ether oxygens (including phenoxy) is 2. The summed E-state index contributed by atoms with van der Waals surface area (Å²) in [6.45, 7) is 0. The molecule has 4 aromatic carbocycles. The van der Waals surface area contributed by atoms with Gasteiger partial charge in [-0.1, -0.05) is 68.1 Å². The molecule has 4 aromatic rings. The normalized spacial score (nSPS) is 15.7. The fraction of sp³-hybridized carbons (Fsp3) is 0.378. The van der Waals surface area contributed by atoms with Crippen LogP contribution in [-0.2, 0) is 9.59 Å². The zero-order chi connectivity index (χ0) is 43.9. The molecule has 16 heteroatoms. The minimum absolute atomic E-state index is 0.117. The zero-order valence-electron chi connectivity index (χ0n) is 34.1. The molecule has 0 radical (unpaired) electrons. The van der Waals surface area contributed by atoms with Crippen molar-refractivity contribution in [2.75, 3.05) is 32.6 Å². The molecule has 0 unspecified atom stereocenters. The van der Waals surface area contributed by atoms with Crippen LogP contribution in [0.15, 0.2) is 72.8 Å². The van der Waals surface area contributed by atoms with Crippen molar-refractivity contribution in [2.45, 2.75) is 74.7 Å². The summed E-state index contributed by atoms with van der Waals surface area (Å²) in [7, 11) is 12.3. The first-order valence-corrected chi connectivity index (χ1v) is 24.7. The summed E-state index contributed by atoms with van der Waals surface area (Å²) in [6.07, 6.45) is 8.54. The average molecular weight is 917 g/mol.